The highest BCUT2D eigenvalue weighted by molar-refractivity contribution is 5.19. The van der Waals surface area contributed by atoms with Gasteiger partial charge in [0.1, 0.15) is 5.75 Å². The Morgan fingerprint density at radius 2 is 2.14 bits per heavy atom. The first-order valence-electron chi connectivity index (χ1n) is 7.84. The van der Waals surface area contributed by atoms with Crippen LogP contribution in [0.1, 0.15) is 25.5 Å². The standard InChI is InChI=1S/C16H26N2O3/c1-2-18-12-16(13-18)21-9-3-5-14-6-7-15(11-17-14)20-10-4-8-19/h6-7,11,16,19H,2-5,8-10,12-13H2,1H3. The van der Waals surface area contributed by atoms with E-state index in [4.69, 9.17) is 14.6 Å². The average molecular weight is 294 g/mol. The molecular formula is C16H26N2O3. The second-order valence-electron chi connectivity index (χ2n) is 5.36. The van der Waals surface area contributed by atoms with E-state index in [1.165, 1.54) is 0 Å². The normalized spacial score (nSPS) is 15.9. The molecule has 0 aromatic carbocycles. The van der Waals surface area contributed by atoms with E-state index in [0.717, 1.165) is 50.5 Å². The molecule has 1 saturated heterocycles. The maximum atomic E-state index is 8.69. The Morgan fingerprint density at radius 1 is 1.29 bits per heavy atom. The summed E-state index contributed by atoms with van der Waals surface area (Å²) in [5.41, 5.74) is 1.07. The number of hydrogen-bond acceptors (Lipinski definition) is 5. The lowest BCUT2D eigenvalue weighted by Crippen LogP contribution is -2.51. The zero-order chi connectivity index (χ0) is 14.9. The first kappa shape index (κ1) is 16.2. The summed E-state index contributed by atoms with van der Waals surface area (Å²) < 4.78 is 11.3. The van der Waals surface area contributed by atoms with Crippen molar-refractivity contribution >= 4 is 0 Å². The molecule has 1 aromatic heterocycles. The molecule has 1 aliphatic rings. The van der Waals surface area contributed by atoms with E-state index < -0.39 is 0 Å². The minimum Gasteiger partial charge on any atom is -0.492 e. The number of ether oxygens (including phenoxy) is 2. The Morgan fingerprint density at radius 3 is 2.81 bits per heavy atom. The third-order valence-electron chi connectivity index (χ3n) is 3.67. The molecule has 21 heavy (non-hydrogen) atoms. The van der Waals surface area contributed by atoms with Crippen LogP contribution in [-0.4, -0.2) is 60.5 Å². The molecule has 0 radical (unpaired) electrons. The molecular weight excluding hydrogens is 268 g/mol. The fourth-order valence-corrected chi connectivity index (χ4v) is 2.29. The topological polar surface area (TPSA) is 54.8 Å². The van der Waals surface area contributed by atoms with Crippen molar-refractivity contribution in [3.63, 3.8) is 0 Å². The van der Waals surface area contributed by atoms with Crippen LogP contribution in [0.3, 0.4) is 0 Å². The lowest BCUT2D eigenvalue weighted by molar-refractivity contribution is -0.0525. The Kier molecular flexibility index (Phi) is 6.92. The molecule has 118 valence electrons. The van der Waals surface area contributed by atoms with Gasteiger partial charge in [-0.05, 0) is 31.5 Å². The Bertz CT molecular complexity index is 391. The Labute approximate surface area is 126 Å². The highest BCUT2D eigenvalue weighted by atomic mass is 16.5. The van der Waals surface area contributed by atoms with E-state index in [0.29, 0.717) is 19.1 Å². The van der Waals surface area contributed by atoms with Crippen LogP contribution in [0.2, 0.25) is 0 Å². The SMILES string of the molecule is CCN1CC(OCCCc2ccc(OCCCO)cn2)C1. The summed E-state index contributed by atoms with van der Waals surface area (Å²) in [6.45, 7) is 6.95. The van der Waals surface area contributed by atoms with E-state index in [9.17, 15) is 0 Å². The van der Waals surface area contributed by atoms with Crippen LogP contribution in [0.25, 0.3) is 0 Å². The molecule has 5 heteroatoms. The molecule has 0 amide bonds. The van der Waals surface area contributed by atoms with Crippen molar-refractivity contribution in [2.45, 2.75) is 32.3 Å². The number of aromatic nitrogens is 1. The van der Waals surface area contributed by atoms with Gasteiger partial charge in [-0.25, -0.2) is 0 Å². The zero-order valence-electron chi connectivity index (χ0n) is 12.8. The van der Waals surface area contributed by atoms with E-state index in [-0.39, 0.29) is 6.61 Å². The van der Waals surface area contributed by atoms with Gasteiger partial charge in [0.15, 0.2) is 0 Å². The number of nitrogens with zero attached hydrogens (tertiary/aromatic N) is 2. The highest BCUT2D eigenvalue weighted by Gasteiger charge is 2.25. The van der Waals surface area contributed by atoms with Crippen LogP contribution in [0.4, 0.5) is 0 Å². The van der Waals surface area contributed by atoms with Gasteiger partial charge in [-0.3, -0.25) is 9.88 Å². The lowest BCUT2D eigenvalue weighted by Gasteiger charge is -2.38. The van der Waals surface area contributed by atoms with E-state index in [1.54, 1.807) is 6.20 Å². The molecule has 0 spiro atoms. The van der Waals surface area contributed by atoms with Gasteiger partial charge in [-0.1, -0.05) is 6.92 Å². The quantitative estimate of drug-likeness (QED) is 0.663. The van der Waals surface area contributed by atoms with Gasteiger partial charge in [0, 0.05) is 38.4 Å². The van der Waals surface area contributed by atoms with Crippen LogP contribution < -0.4 is 4.74 Å². The molecule has 5 nitrogen and oxygen atoms in total. The summed E-state index contributed by atoms with van der Waals surface area (Å²) in [7, 11) is 0. The maximum absolute atomic E-state index is 8.69. The molecule has 0 aliphatic carbocycles. The van der Waals surface area contributed by atoms with Crippen LogP contribution in [-0.2, 0) is 11.2 Å². The number of hydrogen-bond donors (Lipinski definition) is 1. The zero-order valence-corrected chi connectivity index (χ0v) is 12.8. The van der Waals surface area contributed by atoms with Crippen molar-refractivity contribution in [3.05, 3.63) is 24.0 Å². The lowest BCUT2D eigenvalue weighted by atomic mass is 10.1. The number of aliphatic hydroxyl groups is 1. The van der Waals surface area contributed by atoms with Gasteiger partial charge < -0.3 is 14.6 Å². The second kappa shape index (κ2) is 8.97. The molecule has 1 aromatic rings. The van der Waals surface area contributed by atoms with E-state index in [1.807, 2.05) is 12.1 Å². The monoisotopic (exact) mass is 294 g/mol. The van der Waals surface area contributed by atoms with Gasteiger partial charge in [-0.2, -0.15) is 0 Å². The number of rotatable bonds is 10. The van der Waals surface area contributed by atoms with E-state index in [2.05, 4.69) is 16.8 Å². The first-order valence-corrected chi connectivity index (χ1v) is 7.84. The maximum Gasteiger partial charge on any atom is 0.137 e. The minimum atomic E-state index is 0.155. The number of aryl methyl sites for hydroxylation is 1. The number of aliphatic hydroxyl groups excluding tert-OH is 1. The molecule has 0 saturated carbocycles. The third kappa shape index (κ3) is 5.61. The number of likely N-dealkylation sites (tertiary alicyclic amines) is 1. The number of pyridine rings is 1. The molecule has 1 aliphatic heterocycles. The summed E-state index contributed by atoms with van der Waals surface area (Å²) in [6, 6.07) is 3.93. The minimum absolute atomic E-state index is 0.155. The first-order chi connectivity index (χ1) is 10.3. The molecule has 1 fully saturated rings. The van der Waals surface area contributed by atoms with Gasteiger partial charge in [0.25, 0.3) is 0 Å². The Hall–Kier alpha value is -1.17. The predicted octanol–water partition coefficient (Wildman–Crippen LogP) is 1.50. The predicted molar refractivity (Wildman–Crippen MR) is 81.6 cm³/mol. The fourth-order valence-electron chi connectivity index (χ4n) is 2.29. The average Bonchev–Trinajstić information content (AvgIpc) is 2.47. The number of likely N-dealkylation sites (N-methyl/N-ethyl adjacent to an activating group) is 1. The van der Waals surface area contributed by atoms with Crippen molar-refractivity contribution in [1.82, 2.24) is 9.88 Å². The molecule has 0 unspecified atom stereocenters. The van der Waals surface area contributed by atoms with Crippen molar-refractivity contribution < 1.29 is 14.6 Å². The van der Waals surface area contributed by atoms with Crippen molar-refractivity contribution in [1.29, 1.82) is 0 Å². The Balaban J connectivity index is 1.56. The summed E-state index contributed by atoms with van der Waals surface area (Å²) >= 11 is 0. The largest absolute Gasteiger partial charge is 0.492 e. The van der Waals surface area contributed by atoms with Crippen molar-refractivity contribution in [2.24, 2.45) is 0 Å². The van der Waals surface area contributed by atoms with Crippen LogP contribution in [0.15, 0.2) is 18.3 Å². The summed E-state index contributed by atoms with van der Waals surface area (Å²) in [5.74, 6) is 0.762. The highest BCUT2D eigenvalue weighted by Crippen LogP contribution is 2.13. The molecule has 0 atom stereocenters. The second-order valence-corrected chi connectivity index (χ2v) is 5.36. The van der Waals surface area contributed by atoms with Gasteiger partial charge >= 0.3 is 0 Å². The van der Waals surface area contributed by atoms with Gasteiger partial charge in [0.05, 0.1) is 18.9 Å². The van der Waals surface area contributed by atoms with Crippen molar-refractivity contribution in [3.8, 4) is 5.75 Å². The van der Waals surface area contributed by atoms with Gasteiger partial charge in [0.2, 0.25) is 0 Å². The fraction of sp³-hybridized carbons (Fsp3) is 0.688. The van der Waals surface area contributed by atoms with Crippen LogP contribution in [0.5, 0.6) is 5.75 Å². The van der Waals surface area contributed by atoms with Crippen molar-refractivity contribution in [2.75, 3.05) is 39.5 Å². The molecule has 0 bridgehead atoms. The van der Waals surface area contributed by atoms with Crippen LogP contribution >= 0.6 is 0 Å². The van der Waals surface area contributed by atoms with E-state index >= 15 is 0 Å². The molecule has 1 N–H and O–H groups in total. The molecule has 2 rings (SSSR count). The summed E-state index contributed by atoms with van der Waals surface area (Å²) in [6.07, 6.45) is 4.76. The smallest absolute Gasteiger partial charge is 0.137 e. The summed E-state index contributed by atoms with van der Waals surface area (Å²) in [5, 5.41) is 8.69. The summed E-state index contributed by atoms with van der Waals surface area (Å²) in [4.78, 5) is 6.76. The van der Waals surface area contributed by atoms with Gasteiger partial charge in [-0.15, -0.1) is 0 Å². The van der Waals surface area contributed by atoms with Crippen LogP contribution in [0, 0.1) is 0 Å². The molecule has 2 heterocycles. The third-order valence-corrected chi connectivity index (χ3v) is 3.67.